The van der Waals surface area contributed by atoms with Crippen LogP contribution >= 0.6 is 11.3 Å². The van der Waals surface area contributed by atoms with Gasteiger partial charge in [0.25, 0.3) is 0 Å². The van der Waals surface area contributed by atoms with Crippen molar-refractivity contribution in [3.8, 4) is 11.5 Å². The second-order valence-corrected chi connectivity index (χ2v) is 5.11. The van der Waals surface area contributed by atoms with Crippen LogP contribution < -0.4 is 4.80 Å². The fourth-order valence-corrected chi connectivity index (χ4v) is 2.45. The number of carbonyl (C=O) groups is 1. The van der Waals surface area contributed by atoms with Crippen molar-refractivity contribution in [3.63, 3.8) is 0 Å². The van der Waals surface area contributed by atoms with Crippen LogP contribution in [0.25, 0.3) is 0 Å². The molecular formula is C14H15N3O4S. The fraction of sp³-hybridized carbons (Fsp3) is 0.214. The van der Waals surface area contributed by atoms with Crippen LogP contribution in [0.15, 0.2) is 33.8 Å². The zero-order valence-electron chi connectivity index (χ0n) is 12.1. The zero-order chi connectivity index (χ0) is 16.1. The molecule has 2 N–H and O–H groups in total. The van der Waals surface area contributed by atoms with E-state index >= 15 is 0 Å². The van der Waals surface area contributed by atoms with Crippen LogP contribution in [-0.2, 0) is 11.8 Å². The second-order valence-electron chi connectivity index (χ2n) is 4.27. The monoisotopic (exact) mass is 321 g/mol. The Labute approximate surface area is 130 Å². The molecule has 1 aromatic carbocycles. The SMILES string of the molecule is CCOC(=O)c1cs/c(=N\N=C/c2ccc(O)cc2O)n1C. The molecule has 0 spiro atoms. The number of ether oxygens (including phenoxy) is 1. The molecule has 8 heteroatoms. The summed E-state index contributed by atoms with van der Waals surface area (Å²) in [4.78, 5) is 12.2. The maximum absolute atomic E-state index is 11.7. The van der Waals surface area contributed by atoms with Gasteiger partial charge in [-0.15, -0.1) is 16.4 Å². The van der Waals surface area contributed by atoms with Crippen molar-refractivity contribution >= 4 is 23.5 Å². The highest BCUT2D eigenvalue weighted by molar-refractivity contribution is 7.07. The minimum absolute atomic E-state index is 0.0321. The van der Waals surface area contributed by atoms with Crippen molar-refractivity contribution in [3.05, 3.63) is 39.6 Å². The van der Waals surface area contributed by atoms with Crippen molar-refractivity contribution in [1.82, 2.24) is 4.57 Å². The normalized spacial score (nSPS) is 12.0. The van der Waals surface area contributed by atoms with Gasteiger partial charge in [-0.3, -0.25) is 0 Å². The minimum atomic E-state index is -0.414. The molecule has 0 atom stereocenters. The number of esters is 1. The van der Waals surface area contributed by atoms with E-state index in [1.165, 1.54) is 35.8 Å². The van der Waals surface area contributed by atoms with Gasteiger partial charge in [0.1, 0.15) is 17.2 Å². The molecule has 2 rings (SSSR count). The minimum Gasteiger partial charge on any atom is -0.508 e. The third-order valence-electron chi connectivity index (χ3n) is 2.76. The number of phenols is 2. The van der Waals surface area contributed by atoms with Gasteiger partial charge in [-0.25, -0.2) is 4.79 Å². The summed E-state index contributed by atoms with van der Waals surface area (Å²) in [7, 11) is 1.69. The van der Waals surface area contributed by atoms with E-state index < -0.39 is 5.97 Å². The molecule has 0 aliphatic rings. The number of rotatable bonds is 4. The number of nitrogens with zero attached hydrogens (tertiary/aromatic N) is 3. The van der Waals surface area contributed by atoms with Gasteiger partial charge >= 0.3 is 5.97 Å². The average Bonchev–Trinajstić information content (AvgIpc) is 2.83. The highest BCUT2D eigenvalue weighted by Gasteiger charge is 2.11. The van der Waals surface area contributed by atoms with Gasteiger partial charge in [0, 0.05) is 24.1 Å². The van der Waals surface area contributed by atoms with Crippen LogP contribution in [0.4, 0.5) is 0 Å². The summed E-state index contributed by atoms with van der Waals surface area (Å²) in [6.07, 6.45) is 1.36. The van der Waals surface area contributed by atoms with Crippen molar-refractivity contribution in [2.75, 3.05) is 6.61 Å². The van der Waals surface area contributed by atoms with Crippen LogP contribution in [0.1, 0.15) is 23.0 Å². The molecule has 0 aliphatic heterocycles. The molecule has 1 aromatic heterocycles. The number of hydrogen-bond donors (Lipinski definition) is 2. The summed E-state index contributed by atoms with van der Waals surface area (Å²) in [6.45, 7) is 2.05. The Morgan fingerprint density at radius 3 is 2.91 bits per heavy atom. The van der Waals surface area contributed by atoms with E-state index in [2.05, 4.69) is 10.2 Å². The number of benzene rings is 1. The fourth-order valence-electron chi connectivity index (χ4n) is 1.63. The Bertz CT molecular complexity index is 777. The molecule has 0 aliphatic carbocycles. The molecule has 22 heavy (non-hydrogen) atoms. The number of carbonyl (C=O) groups excluding carboxylic acids is 1. The van der Waals surface area contributed by atoms with Gasteiger partial charge in [0.05, 0.1) is 12.8 Å². The van der Waals surface area contributed by atoms with Gasteiger partial charge in [-0.1, -0.05) is 0 Å². The Hall–Kier alpha value is -2.61. The van der Waals surface area contributed by atoms with Crippen LogP contribution in [0.3, 0.4) is 0 Å². The average molecular weight is 321 g/mol. The smallest absolute Gasteiger partial charge is 0.355 e. The maximum atomic E-state index is 11.7. The molecule has 116 valence electrons. The third-order valence-corrected chi connectivity index (χ3v) is 3.67. The van der Waals surface area contributed by atoms with E-state index in [9.17, 15) is 15.0 Å². The van der Waals surface area contributed by atoms with E-state index in [1.807, 2.05) is 0 Å². The molecule has 0 radical (unpaired) electrons. The van der Waals surface area contributed by atoms with Crippen LogP contribution in [-0.4, -0.2) is 33.6 Å². The molecular weight excluding hydrogens is 306 g/mol. The molecule has 0 bridgehead atoms. The summed E-state index contributed by atoms with van der Waals surface area (Å²) in [5.41, 5.74) is 0.819. The first-order chi connectivity index (χ1) is 10.5. The lowest BCUT2D eigenvalue weighted by atomic mass is 10.2. The highest BCUT2D eigenvalue weighted by Crippen LogP contribution is 2.20. The van der Waals surface area contributed by atoms with E-state index in [0.717, 1.165) is 0 Å². The second kappa shape index (κ2) is 6.90. The first kappa shape index (κ1) is 15.8. The van der Waals surface area contributed by atoms with Crippen molar-refractivity contribution < 1.29 is 19.7 Å². The predicted molar refractivity (Wildman–Crippen MR) is 82.2 cm³/mol. The van der Waals surface area contributed by atoms with Crippen LogP contribution in [0, 0.1) is 0 Å². The Morgan fingerprint density at radius 2 is 2.23 bits per heavy atom. The predicted octanol–water partition coefficient (Wildman–Crippen LogP) is 1.61. The number of aromatic hydroxyl groups is 2. The lowest BCUT2D eigenvalue weighted by Crippen LogP contribution is -2.17. The number of aromatic nitrogens is 1. The first-order valence-corrected chi connectivity index (χ1v) is 7.31. The molecule has 0 unspecified atom stereocenters. The van der Waals surface area contributed by atoms with Crippen molar-refractivity contribution in [2.45, 2.75) is 6.92 Å². The summed E-state index contributed by atoms with van der Waals surface area (Å²) in [5.74, 6) is -0.542. The summed E-state index contributed by atoms with van der Waals surface area (Å²) < 4.78 is 6.51. The quantitative estimate of drug-likeness (QED) is 0.508. The molecule has 1 heterocycles. The maximum Gasteiger partial charge on any atom is 0.355 e. The first-order valence-electron chi connectivity index (χ1n) is 6.43. The lowest BCUT2D eigenvalue weighted by molar-refractivity contribution is 0.0515. The standard InChI is InChI=1S/C14H15N3O4S/c1-3-21-13(20)11-8-22-14(17(11)2)16-15-7-9-4-5-10(18)6-12(9)19/h4-8,18-19H,3H2,1-2H3/b15-7-,16-14-. The molecule has 7 nitrogen and oxygen atoms in total. The Kier molecular flexibility index (Phi) is 4.95. The van der Waals surface area contributed by atoms with Gasteiger partial charge in [0.15, 0.2) is 0 Å². The van der Waals surface area contributed by atoms with Crippen LogP contribution in [0.5, 0.6) is 11.5 Å². The highest BCUT2D eigenvalue weighted by atomic mass is 32.1. The van der Waals surface area contributed by atoms with E-state index in [-0.39, 0.29) is 11.5 Å². The summed E-state index contributed by atoms with van der Waals surface area (Å²) in [6, 6.07) is 4.17. The molecule has 0 fully saturated rings. The molecule has 2 aromatic rings. The molecule has 0 saturated carbocycles. The number of thiazole rings is 1. The molecule has 0 saturated heterocycles. The largest absolute Gasteiger partial charge is 0.508 e. The van der Waals surface area contributed by atoms with Gasteiger partial charge < -0.3 is 19.5 Å². The van der Waals surface area contributed by atoms with E-state index in [4.69, 9.17) is 4.74 Å². The van der Waals surface area contributed by atoms with Gasteiger partial charge in [0.2, 0.25) is 4.80 Å². The summed E-state index contributed by atoms with van der Waals surface area (Å²) in [5, 5.41) is 28.3. The topological polar surface area (TPSA) is 96.4 Å². The van der Waals surface area contributed by atoms with E-state index in [0.29, 0.717) is 22.7 Å². The van der Waals surface area contributed by atoms with Crippen molar-refractivity contribution in [1.29, 1.82) is 0 Å². The Balaban J connectivity index is 2.23. The number of hydrogen-bond acceptors (Lipinski definition) is 7. The van der Waals surface area contributed by atoms with Crippen LogP contribution in [0.2, 0.25) is 0 Å². The third kappa shape index (κ3) is 3.53. The molecule has 0 amide bonds. The Morgan fingerprint density at radius 1 is 1.45 bits per heavy atom. The van der Waals surface area contributed by atoms with E-state index in [1.54, 1.807) is 23.9 Å². The lowest BCUT2D eigenvalue weighted by Gasteiger charge is -2.01. The summed E-state index contributed by atoms with van der Waals surface area (Å²) >= 11 is 1.25. The number of phenolic OH excluding ortho intramolecular Hbond substituents is 2. The van der Waals surface area contributed by atoms with Gasteiger partial charge in [-0.2, -0.15) is 5.10 Å². The zero-order valence-corrected chi connectivity index (χ0v) is 12.9. The van der Waals surface area contributed by atoms with Gasteiger partial charge in [-0.05, 0) is 19.1 Å². The van der Waals surface area contributed by atoms with Crippen molar-refractivity contribution in [2.24, 2.45) is 17.3 Å².